The number of anilines is 1. The Hall–Kier alpha value is -3.28. The first-order valence-corrected chi connectivity index (χ1v) is 10.9. The normalized spacial score (nSPS) is 10.8. The largest absolute Gasteiger partial charge is 0.494 e. The number of hydrogen-bond donors (Lipinski definition) is 1. The Balaban J connectivity index is 1.74. The highest BCUT2D eigenvalue weighted by molar-refractivity contribution is 5.89. The van der Waals surface area contributed by atoms with Crippen molar-refractivity contribution in [3.05, 3.63) is 78.4 Å². The molecule has 0 bridgehead atoms. The molecule has 1 N–H and O–H groups in total. The molecular formula is C25H32N4O2. The second-order valence-corrected chi connectivity index (χ2v) is 7.83. The minimum Gasteiger partial charge on any atom is -0.494 e. The van der Waals surface area contributed by atoms with Gasteiger partial charge in [-0.1, -0.05) is 44.2 Å². The smallest absolute Gasteiger partial charge is 0.322 e. The van der Waals surface area contributed by atoms with E-state index in [4.69, 9.17) is 4.74 Å². The van der Waals surface area contributed by atoms with Crippen molar-refractivity contribution < 1.29 is 9.53 Å². The van der Waals surface area contributed by atoms with Crippen LogP contribution in [0.3, 0.4) is 0 Å². The van der Waals surface area contributed by atoms with Gasteiger partial charge in [-0.25, -0.2) is 9.78 Å². The Morgan fingerprint density at radius 1 is 1.19 bits per heavy atom. The maximum atomic E-state index is 13.2. The first kappa shape index (κ1) is 22.4. The van der Waals surface area contributed by atoms with Gasteiger partial charge in [0.05, 0.1) is 19.5 Å². The number of nitrogens with zero attached hydrogens (tertiary/aromatic N) is 3. The number of para-hydroxylation sites is 1. The summed E-state index contributed by atoms with van der Waals surface area (Å²) in [6, 6.07) is 15.8. The van der Waals surface area contributed by atoms with E-state index in [0.29, 0.717) is 25.6 Å². The SMILES string of the molecule is CCOc1ccccc1CN(CCCn1ccnc1)C(=O)Nc1cccc(C(C)C)c1. The van der Waals surface area contributed by atoms with Gasteiger partial charge in [0.25, 0.3) is 0 Å². The van der Waals surface area contributed by atoms with Gasteiger partial charge in [0.15, 0.2) is 0 Å². The molecule has 2 aromatic carbocycles. The molecule has 0 fully saturated rings. The molecule has 0 aliphatic carbocycles. The van der Waals surface area contributed by atoms with Gasteiger partial charge in [-0.15, -0.1) is 0 Å². The summed E-state index contributed by atoms with van der Waals surface area (Å²) >= 11 is 0. The zero-order chi connectivity index (χ0) is 22.1. The van der Waals surface area contributed by atoms with E-state index < -0.39 is 0 Å². The maximum absolute atomic E-state index is 13.2. The lowest BCUT2D eigenvalue weighted by atomic mass is 10.0. The highest BCUT2D eigenvalue weighted by Gasteiger charge is 2.17. The summed E-state index contributed by atoms with van der Waals surface area (Å²) < 4.78 is 7.79. The van der Waals surface area contributed by atoms with Crippen molar-refractivity contribution in [1.29, 1.82) is 0 Å². The highest BCUT2D eigenvalue weighted by Crippen LogP contribution is 2.22. The van der Waals surface area contributed by atoms with Crippen LogP contribution in [-0.2, 0) is 13.1 Å². The van der Waals surface area contributed by atoms with Crippen molar-refractivity contribution in [2.24, 2.45) is 0 Å². The standard InChI is InChI=1S/C25H32N4O2/c1-4-31-24-12-6-5-9-22(24)18-29(15-8-14-28-16-13-26-19-28)25(30)27-23-11-7-10-21(17-23)20(2)3/h5-7,9-13,16-17,19-20H,4,8,14-15,18H2,1-3H3,(H,27,30). The Kier molecular flexibility index (Phi) is 8.10. The van der Waals surface area contributed by atoms with Gasteiger partial charge in [-0.05, 0) is 43.0 Å². The number of urea groups is 1. The minimum atomic E-state index is -0.113. The van der Waals surface area contributed by atoms with E-state index >= 15 is 0 Å². The van der Waals surface area contributed by atoms with Crippen LogP contribution in [0.25, 0.3) is 0 Å². The number of ether oxygens (including phenoxy) is 1. The molecule has 6 nitrogen and oxygen atoms in total. The molecule has 2 amide bonds. The molecule has 3 aromatic rings. The van der Waals surface area contributed by atoms with Gasteiger partial charge < -0.3 is 19.5 Å². The fourth-order valence-electron chi connectivity index (χ4n) is 3.43. The van der Waals surface area contributed by atoms with E-state index in [1.54, 1.807) is 12.5 Å². The average molecular weight is 421 g/mol. The number of nitrogens with one attached hydrogen (secondary N) is 1. The number of benzene rings is 2. The molecule has 164 valence electrons. The highest BCUT2D eigenvalue weighted by atomic mass is 16.5. The summed E-state index contributed by atoms with van der Waals surface area (Å²) in [5, 5.41) is 3.08. The Bertz CT molecular complexity index is 954. The molecule has 0 atom stereocenters. The number of carbonyl (C=O) groups is 1. The van der Waals surface area contributed by atoms with Gasteiger partial charge in [0.1, 0.15) is 5.75 Å². The van der Waals surface area contributed by atoms with Gasteiger partial charge in [0.2, 0.25) is 0 Å². The Labute approximate surface area is 184 Å². The van der Waals surface area contributed by atoms with Crippen LogP contribution in [-0.4, -0.2) is 33.6 Å². The quantitative estimate of drug-likeness (QED) is 0.469. The van der Waals surface area contributed by atoms with Crippen molar-refractivity contribution in [2.45, 2.75) is 46.2 Å². The second kappa shape index (κ2) is 11.2. The van der Waals surface area contributed by atoms with E-state index in [2.05, 4.69) is 30.2 Å². The van der Waals surface area contributed by atoms with Crippen LogP contribution in [0.5, 0.6) is 5.75 Å². The molecule has 1 aromatic heterocycles. The first-order chi connectivity index (χ1) is 15.1. The van der Waals surface area contributed by atoms with Crippen LogP contribution in [0.1, 0.15) is 44.2 Å². The van der Waals surface area contributed by atoms with Crippen molar-refractivity contribution in [3.63, 3.8) is 0 Å². The number of imidazole rings is 1. The van der Waals surface area contributed by atoms with E-state index in [9.17, 15) is 4.79 Å². The molecule has 0 unspecified atom stereocenters. The third kappa shape index (κ3) is 6.60. The zero-order valence-electron chi connectivity index (χ0n) is 18.6. The third-order valence-electron chi connectivity index (χ3n) is 5.13. The van der Waals surface area contributed by atoms with Gasteiger partial charge in [0, 0.05) is 36.7 Å². The van der Waals surface area contributed by atoms with Crippen molar-refractivity contribution in [2.75, 3.05) is 18.5 Å². The molecule has 1 heterocycles. The number of hydrogen-bond acceptors (Lipinski definition) is 3. The van der Waals surface area contributed by atoms with Crippen molar-refractivity contribution in [3.8, 4) is 5.75 Å². The Morgan fingerprint density at radius 2 is 2.03 bits per heavy atom. The lowest BCUT2D eigenvalue weighted by molar-refractivity contribution is 0.206. The summed E-state index contributed by atoms with van der Waals surface area (Å²) in [7, 11) is 0. The summed E-state index contributed by atoms with van der Waals surface area (Å²) in [4.78, 5) is 19.1. The molecule has 6 heteroatoms. The summed E-state index contributed by atoms with van der Waals surface area (Å²) in [5.41, 5.74) is 3.01. The van der Waals surface area contributed by atoms with Gasteiger partial charge in [-0.2, -0.15) is 0 Å². The first-order valence-electron chi connectivity index (χ1n) is 10.9. The van der Waals surface area contributed by atoms with E-state index in [1.807, 2.05) is 65.1 Å². The van der Waals surface area contributed by atoms with Crippen LogP contribution in [0.4, 0.5) is 10.5 Å². The maximum Gasteiger partial charge on any atom is 0.322 e. The van der Waals surface area contributed by atoms with Crippen LogP contribution in [0.15, 0.2) is 67.3 Å². The van der Waals surface area contributed by atoms with Crippen LogP contribution >= 0.6 is 0 Å². The molecule has 3 rings (SSSR count). The summed E-state index contributed by atoms with van der Waals surface area (Å²) in [6.07, 6.45) is 6.33. The number of aromatic nitrogens is 2. The topological polar surface area (TPSA) is 59.4 Å². The lowest BCUT2D eigenvalue weighted by Gasteiger charge is -2.25. The average Bonchev–Trinajstić information content (AvgIpc) is 3.28. The van der Waals surface area contributed by atoms with Gasteiger partial charge in [-0.3, -0.25) is 0 Å². The molecule has 31 heavy (non-hydrogen) atoms. The third-order valence-corrected chi connectivity index (χ3v) is 5.13. The van der Waals surface area contributed by atoms with Crippen molar-refractivity contribution >= 4 is 11.7 Å². The van der Waals surface area contributed by atoms with Crippen LogP contribution in [0, 0.1) is 0 Å². The molecule has 0 aliphatic heterocycles. The lowest BCUT2D eigenvalue weighted by Crippen LogP contribution is -2.35. The van der Waals surface area contributed by atoms with E-state index in [-0.39, 0.29) is 6.03 Å². The minimum absolute atomic E-state index is 0.113. The van der Waals surface area contributed by atoms with E-state index in [1.165, 1.54) is 5.56 Å². The second-order valence-electron chi connectivity index (χ2n) is 7.83. The van der Waals surface area contributed by atoms with Crippen molar-refractivity contribution in [1.82, 2.24) is 14.5 Å². The molecule has 0 spiro atoms. The summed E-state index contributed by atoms with van der Waals surface area (Å²) in [5.74, 6) is 1.22. The predicted molar refractivity (Wildman–Crippen MR) is 124 cm³/mol. The number of aryl methyl sites for hydroxylation is 1. The van der Waals surface area contributed by atoms with Crippen LogP contribution in [0.2, 0.25) is 0 Å². The molecular weight excluding hydrogens is 388 g/mol. The molecule has 0 aliphatic rings. The fraction of sp³-hybridized carbons (Fsp3) is 0.360. The van der Waals surface area contributed by atoms with Gasteiger partial charge >= 0.3 is 6.03 Å². The molecule has 0 radical (unpaired) electrons. The predicted octanol–water partition coefficient (Wildman–Crippen LogP) is 5.53. The molecule has 0 saturated heterocycles. The fourth-order valence-corrected chi connectivity index (χ4v) is 3.43. The Morgan fingerprint density at radius 3 is 2.77 bits per heavy atom. The molecule has 0 saturated carbocycles. The monoisotopic (exact) mass is 420 g/mol. The number of carbonyl (C=O) groups excluding carboxylic acids is 1. The van der Waals surface area contributed by atoms with E-state index in [0.717, 1.165) is 30.0 Å². The zero-order valence-corrected chi connectivity index (χ0v) is 18.6. The number of rotatable bonds is 10. The number of amides is 2. The van der Waals surface area contributed by atoms with Crippen LogP contribution < -0.4 is 10.1 Å². The summed E-state index contributed by atoms with van der Waals surface area (Å²) in [6.45, 7) is 8.76.